The van der Waals surface area contributed by atoms with Crippen molar-refractivity contribution in [3.8, 4) is 11.4 Å². The number of hydrogen-bond acceptors (Lipinski definition) is 7. The van der Waals surface area contributed by atoms with Gasteiger partial charge in [-0.2, -0.15) is 0 Å². The summed E-state index contributed by atoms with van der Waals surface area (Å²) < 4.78 is 10.4. The number of thiophene rings is 1. The molecule has 0 atom stereocenters. The van der Waals surface area contributed by atoms with Gasteiger partial charge >= 0.3 is 11.7 Å². The van der Waals surface area contributed by atoms with Gasteiger partial charge < -0.3 is 19.0 Å². The number of carbonyl (C=O) groups is 1. The lowest BCUT2D eigenvalue weighted by Crippen LogP contribution is -2.35. The number of fused-ring (bicyclic) bond motifs is 4. The van der Waals surface area contributed by atoms with Crippen LogP contribution in [0.2, 0.25) is 5.02 Å². The molecule has 5 rings (SSSR count). The monoisotopic (exact) mass is 457 g/mol. The number of H-pyrrole nitrogens is 1. The molecule has 158 valence electrons. The number of hydrogen-bond donors (Lipinski definition) is 1. The maximum absolute atomic E-state index is 12.9. The first-order valence-electron chi connectivity index (χ1n) is 9.64. The van der Waals surface area contributed by atoms with Crippen molar-refractivity contribution in [2.75, 3.05) is 13.2 Å². The first kappa shape index (κ1) is 19.8. The summed E-state index contributed by atoms with van der Waals surface area (Å²) in [5.74, 6) is 0.133. The Labute approximate surface area is 184 Å². The van der Waals surface area contributed by atoms with Crippen LogP contribution in [-0.2, 0) is 17.7 Å². The molecule has 10 heteroatoms. The fraction of sp³-hybridized carbons (Fsp3) is 0.238. The maximum Gasteiger partial charge on any atom is 0.410 e. The van der Waals surface area contributed by atoms with Crippen LogP contribution >= 0.6 is 22.9 Å². The summed E-state index contributed by atoms with van der Waals surface area (Å²) in [6.07, 6.45) is 0.162. The summed E-state index contributed by atoms with van der Waals surface area (Å²) in [5, 5.41) is 1.63. The van der Waals surface area contributed by atoms with Crippen LogP contribution in [0.25, 0.3) is 32.6 Å². The molecule has 1 N–H and O–H groups in total. The van der Waals surface area contributed by atoms with Crippen LogP contribution in [0.5, 0.6) is 0 Å². The van der Waals surface area contributed by atoms with E-state index in [2.05, 4.69) is 9.97 Å². The Balaban J connectivity index is 1.61. The van der Waals surface area contributed by atoms with E-state index < -0.39 is 5.63 Å². The van der Waals surface area contributed by atoms with E-state index in [4.69, 9.17) is 20.8 Å². The van der Waals surface area contributed by atoms with Gasteiger partial charge in [0.2, 0.25) is 0 Å². The summed E-state index contributed by atoms with van der Waals surface area (Å²) in [6.45, 7) is 2.89. The highest BCUT2D eigenvalue weighted by atomic mass is 35.5. The zero-order valence-electron chi connectivity index (χ0n) is 16.4. The molecule has 0 saturated heterocycles. The van der Waals surface area contributed by atoms with Crippen LogP contribution < -0.4 is 11.2 Å². The van der Waals surface area contributed by atoms with Gasteiger partial charge in [-0.3, -0.25) is 4.79 Å². The van der Waals surface area contributed by atoms with E-state index in [-0.39, 0.29) is 23.0 Å². The molecule has 0 radical (unpaired) electrons. The number of ether oxygens (including phenoxy) is 1. The second kappa shape index (κ2) is 7.51. The normalized spacial score (nSPS) is 13.5. The number of benzene rings is 1. The van der Waals surface area contributed by atoms with Crippen LogP contribution in [0.15, 0.2) is 38.3 Å². The van der Waals surface area contributed by atoms with Crippen molar-refractivity contribution in [1.29, 1.82) is 0 Å². The second-order valence-corrected chi connectivity index (χ2v) is 8.62. The summed E-state index contributed by atoms with van der Waals surface area (Å²) in [5.41, 5.74) is 0.499. The fourth-order valence-electron chi connectivity index (χ4n) is 3.76. The lowest BCUT2D eigenvalue weighted by molar-refractivity contribution is 0.103. The van der Waals surface area contributed by atoms with E-state index in [1.54, 1.807) is 36.1 Å². The quantitative estimate of drug-likeness (QED) is 0.457. The topological polar surface area (TPSA) is 106 Å². The van der Waals surface area contributed by atoms with Gasteiger partial charge in [-0.25, -0.2) is 14.6 Å². The highest BCUT2D eigenvalue weighted by molar-refractivity contribution is 7.18. The molecule has 0 bridgehead atoms. The summed E-state index contributed by atoms with van der Waals surface area (Å²) in [6, 6.07) is 6.53. The predicted octanol–water partition coefficient (Wildman–Crippen LogP) is 3.93. The van der Waals surface area contributed by atoms with Gasteiger partial charge in [0.25, 0.3) is 5.56 Å². The van der Waals surface area contributed by atoms with Gasteiger partial charge in [-0.05, 0) is 43.2 Å². The number of nitrogens with zero attached hydrogens (tertiary/aromatic N) is 2. The molecule has 0 spiro atoms. The van der Waals surface area contributed by atoms with Crippen molar-refractivity contribution in [3.05, 3.63) is 60.5 Å². The van der Waals surface area contributed by atoms with E-state index in [0.717, 1.165) is 10.4 Å². The number of nitrogens with one attached hydrogen (secondary N) is 1. The van der Waals surface area contributed by atoms with E-state index in [9.17, 15) is 14.4 Å². The molecule has 4 aromatic rings. The zero-order chi connectivity index (χ0) is 21.7. The molecular weight excluding hydrogens is 442 g/mol. The van der Waals surface area contributed by atoms with Crippen LogP contribution in [0.4, 0.5) is 4.79 Å². The smallest absolute Gasteiger partial charge is 0.410 e. The number of aromatic amines is 1. The molecule has 0 saturated carbocycles. The molecule has 0 fully saturated rings. The van der Waals surface area contributed by atoms with E-state index in [1.807, 2.05) is 0 Å². The molecular formula is C21H16ClN3O5S. The Kier molecular flexibility index (Phi) is 4.79. The van der Waals surface area contributed by atoms with Crippen molar-refractivity contribution in [3.63, 3.8) is 0 Å². The molecule has 1 amide bonds. The van der Waals surface area contributed by atoms with Crippen LogP contribution in [0.3, 0.4) is 0 Å². The summed E-state index contributed by atoms with van der Waals surface area (Å²) >= 11 is 7.38. The molecule has 1 aliphatic rings. The van der Waals surface area contributed by atoms with Crippen LogP contribution in [0.1, 0.15) is 17.4 Å². The van der Waals surface area contributed by atoms with Crippen molar-refractivity contribution in [2.24, 2.45) is 0 Å². The minimum Gasteiger partial charge on any atom is -0.450 e. The first-order valence-corrected chi connectivity index (χ1v) is 10.8. The SMILES string of the molecule is CCOC(=O)N1CCc2c(sc3nc(-c4cc5cc(Cl)ccc5oc4=O)[nH]c(=O)c23)C1. The largest absolute Gasteiger partial charge is 0.450 e. The minimum atomic E-state index is -0.605. The van der Waals surface area contributed by atoms with Gasteiger partial charge in [0.05, 0.1) is 18.5 Å². The van der Waals surface area contributed by atoms with Gasteiger partial charge in [0.15, 0.2) is 0 Å². The van der Waals surface area contributed by atoms with Crippen molar-refractivity contribution in [1.82, 2.24) is 14.9 Å². The number of rotatable bonds is 2. The Morgan fingerprint density at radius 3 is 3.00 bits per heavy atom. The number of halogens is 1. The second-order valence-electron chi connectivity index (χ2n) is 7.10. The third-order valence-corrected chi connectivity index (χ3v) is 6.53. The Morgan fingerprint density at radius 2 is 2.19 bits per heavy atom. The molecule has 3 aromatic heterocycles. The molecule has 1 aromatic carbocycles. The van der Waals surface area contributed by atoms with E-state index in [1.165, 1.54) is 11.3 Å². The van der Waals surface area contributed by atoms with Gasteiger partial charge in [0, 0.05) is 21.8 Å². The molecule has 0 unspecified atom stereocenters. The Morgan fingerprint density at radius 1 is 1.35 bits per heavy atom. The molecule has 4 heterocycles. The number of amides is 1. The van der Waals surface area contributed by atoms with Gasteiger partial charge in [-0.15, -0.1) is 11.3 Å². The minimum absolute atomic E-state index is 0.133. The highest BCUT2D eigenvalue weighted by Gasteiger charge is 2.27. The van der Waals surface area contributed by atoms with Crippen LogP contribution in [0, 0.1) is 0 Å². The summed E-state index contributed by atoms with van der Waals surface area (Å²) in [4.78, 5) is 47.8. The zero-order valence-corrected chi connectivity index (χ0v) is 17.9. The van der Waals surface area contributed by atoms with Crippen molar-refractivity contribution < 1.29 is 13.9 Å². The predicted molar refractivity (Wildman–Crippen MR) is 118 cm³/mol. The molecule has 1 aliphatic heterocycles. The highest BCUT2D eigenvalue weighted by Crippen LogP contribution is 2.33. The molecule has 8 nitrogen and oxygen atoms in total. The standard InChI is InChI=1S/C21H16ClN3O5S/c1-2-29-21(28)25-6-5-12-15(9-25)31-19-16(12)18(26)23-17(24-19)13-8-10-7-11(22)3-4-14(10)30-20(13)27/h3-4,7-8H,2,5-6,9H2,1H3,(H,23,24,26). The third-order valence-electron chi connectivity index (χ3n) is 5.19. The average Bonchev–Trinajstić information content (AvgIpc) is 3.11. The summed E-state index contributed by atoms with van der Waals surface area (Å²) in [7, 11) is 0. The third kappa shape index (κ3) is 3.39. The lowest BCUT2D eigenvalue weighted by Gasteiger charge is -2.25. The van der Waals surface area contributed by atoms with E-state index >= 15 is 0 Å². The van der Waals surface area contributed by atoms with Crippen molar-refractivity contribution in [2.45, 2.75) is 19.9 Å². The average molecular weight is 458 g/mol. The maximum atomic E-state index is 12.9. The number of carbonyl (C=O) groups excluding carboxylic acids is 1. The van der Waals surface area contributed by atoms with Crippen LogP contribution in [-0.4, -0.2) is 34.1 Å². The van der Waals surface area contributed by atoms with Gasteiger partial charge in [0.1, 0.15) is 21.8 Å². The fourth-order valence-corrected chi connectivity index (χ4v) is 5.18. The Hall–Kier alpha value is -3.17. The van der Waals surface area contributed by atoms with Crippen molar-refractivity contribution >= 4 is 50.2 Å². The lowest BCUT2D eigenvalue weighted by atomic mass is 10.1. The first-order chi connectivity index (χ1) is 14.9. The molecule has 0 aliphatic carbocycles. The Bertz CT molecular complexity index is 1470. The number of aromatic nitrogens is 2. The molecule has 31 heavy (non-hydrogen) atoms. The van der Waals surface area contributed by atoms with E-state index in [0.29, 0.717) is 52.3 Å². The van der Waals surface area contributed by atoms with Gasteiger partial charge in [-0.1, -0.05) is 11.6 Å².